The molecule has 0 atom stereocenters. The molecular formula is C13H12F2N2O5S. The molecule has 2 N–H and O–H groups in total. The fourth-order valence-electron chi connectivity index (χ4n) is 1.85. The van der Waals surface area contributed by atoms with Gasteiger partial charge in [0.05, 0.1) is 11.9 Å². The van der Waals surface area contributed by atoms with Crippen LogP contribution in [0.15, 0.2) is 27.6 Å². The number of carboxylic acid groups (broad SMARTS) is 1. The quantitative estimate of drug-likeness (QED) is 0.820. The molecule has 0 fully saturated rings. The molecule has 0 radical (unpaired) electrons. The normalized spacial score (nSPS) is 11.6. The Bertz CT molecular complexity index is 848. The Morgan fingerprint density at radius 1 is 1.39 bits per heavy atom. The zero-order valence-electron chi connectivity index (χ0n) is 11.8. The summed E-state index contributed by atoms with van der Waals surface area (Å²) in [6.45, 7) is 1.10. The van der Waals surface area contributed by atoms with E-state index in [1.165, 1.54) is 6.92 Å². The van der Waals surface area contributed by atoms with Crippen LogP contribution in [-0.4, -0.2) is 31.0 Å². The van der Waals surface area contributed by atoms with E-state index in [2.05, 4.69) is 9.71 Å². The van der Waals surface area contributed by atoms with Crippen LogP contribution in [0.5, 0.6) is 0 Å². The minimum atomic E-state index is -4.03. The smallest absolute Gasteiger partial charge is 0.371 e. The highest BCUT2D eigenvalue weighted by molar-refractivity contribution is 7.89. The lowest BCUT2D eigenvalue weighted by molar-refractivity contribution is 0.0661. The average Bonchev–Trinajstić information content (AvgIpc) is 2.84. The second-order valence-electron chi connectivity index (χ2n) is 4.57. The first-order valence-electron chi connectivity index (χ1n) is 6.34. The number of nitrogens with one attached hydrogen (secondary N) is 1. The zero-order valence-corrected chi connectivity index (χ0v) is 12.7. The molecule has 0 spiro atoms. The lowest BCUT2D eigenvalue weighted by Crippen LogP contribution is -2.26. The molecule has 7 nitrogen and oxygen atoms in total. The highest BCUT2D eigenvalue weighted by Gasteiger charge is 2.23. The summed E-state index contributed by atoms with van der Waals surface area (Å²) in [6.07, 6.45) is 0.723. The van der Waals surface area contributed by atoms with Crippen molar-refractivity contribution >= 4 is 16.0 Å². The van der Waals surface area contributed by atoms with Crippen molar-refractivity contribution in [2.24, 2.45) is 0 Å². The maximum atomic E-state index is 13.4. The number of furan rings is 1. The van der Waals surface area contributed by atoms with E-state index in [1.807, 2.05) is 0 Å². The molecule has 0 aliphatic rings. The van der Waals surface area contributed by atoms with Gasteiger partial charge in [0, 0.05) is 25.1 Å². The van der Waals surface area contributed by atoms with Gasteiger partial charge < -0.3 is 9.52 Å². The fourth-order valence-corrected chi connectivity index (χ4v) is 3.05. The number of hydrogen-bond acceptors (Lipinski definition) is 5. The van der Waals surface area contributed by atoms with Crippen molar-refractivity contribution in [3.05, 3.63) is 47.2 Å². The largest absolute Gasteiger partial charge is 0.475 e. The third-order valence-corrected chi connectivity index (χ3v) is 4.48. The molecule has 0 saturated carbocycles. The van der Waals surface area contributed by atoms with Crippen LogP contribution in [0, 0.1) is 18.6 Å². The zero-order chi connectivity index (χ0) is 17.2. The van der Waals surface area contributed by atoms with Gasteiger partial charge in [0.25, 0.3) is 0 Å². The summed E-state index contributed by atoms with van der Waals surface area (Å²) < 4.78 is 57.3. The molecule has 2 aromatic rings. The topological polar surface area (TPSA) is 109 Å². The summed E-state index contributed by atoms with van der Waals surface area (Å²) in [5.41, 5.74) is -0.0933. The van der Waals surface area contributed by atoms with Crippen LogP contribution in [0.3, 0.4) is 0 Å². The lowest BCUT2D eigenvalue weighted by Gasteiger charge is -2.06. The Hall–Kier alpha value is -2.33. The molecule has 0 aliphatic heterocycles. The number of sulfonamides is 1. The number of rotatable bonds is 6. The van der Waals surface area contributed by atoms with Gasteiger partial charge in [-0.3, -0.25) is 4.98 Å². The first kappa shape index (κ1) is 17.0. The third kappa shape index (κ3) is 3.90. The maximum Gasteiger partial charge on any atom is 0.371 e. The maximum absolute atomic E-state index is 13.4. The van der Waals surface area contributed by atoms with E-state index < -0.39 is 33.4 Å². The molecule has 0 bridgehead atoms. The number of aromatic carboxylic acids is 1. The molecule has 0 aliphatic carbocycles. The van der Waals surface area contributed by atoms with Gasteiger partial charge in [0.2, 0.25) is 15.8 Å². The second-order valence-corrected chi connectivity index (χ2v) is 6.30. The summed E-state index contributed by atoms with van der Waals surface area (Å²) in [4.78, 5) is 14.0. The number of hydrogen-bond donors (Lipinski definition) is 2. The lowest BCUT2D eigenvalue weighted by atomic mass is 10.2. The Balaban J connectivity index is 2.08. The molecule has 23 heavy (non-hydrogen) atoms. The summed E-state index contributed by atoms with van der Waals surface area (Å²) in [5.74, 6) is -3.69. The van der Waals surface area contributed by atoms with Crippen molar-refractivity contribution in [2.75, 3.05) is 6.54 Å². The molecule has 124 valence electrons. The molecule has 2 aromatic heterocycles. The van der Waals surface area contributed by atoms with Crippen LogP contribution in [0.4, 0.5) is 8.78 Å². The van der Waals surface area contributed by atoms with E-state index in [4.69, 9.17) is 9.52 Å². The molecular weight excluding hydrogens is 334 g/mol. The first-order chi connectivity index (χ1) is 10.7. The predicted octanol–water partition coefficient (Wildman–Crippen LogP) is 1.48. The minimum Gasteiger partial charge on any atom is -0.475 e. The second kappa shape index (κ2) is 6.42. The summed E-state index contributed by atoms with van der Waals surface area (Å²) in [7, 11) is -4.03. The van der Waals surface area contributed by atoms with Crippen molar-refractivity contribution in [3.8, 4) is 0 Å². The van der Waals surface area contributed by atoms with Crippen LogP contribution in [0.2, 0.25) is 0 Å². The van der Waals surface area contributed by atoms with Gasteiger partial charge in [0.15, 0.2) is 0 Å². The van der Waals surface area contributed by atoms with E-state index in [9.17, 15) is 22.0 Å². The van der Waals surface area contributed by atoms with Gasteiger partial charge >= 0.3 is 5.97 Å². The molecule has 0 aromatic carbocycles. The molecule has 0 saturated heterocycles. The number of carbonyl (C=O) groups is 1. The molecule has 0 unspecified atom stereocenters. The Labute approximate surface area is 130 Å². The minimum absolute atomic E-state index is 0.0824. The van der Waals surface area contributed by atoms with E-state index in [1.54, 1.807) is 0 Å². The summed E-state index contributed by atoms with van der Waals surface area (Å²) >= 11 is 0. The number of carboxylic acids is 1. The fraction of sp³-hybridized carbons (Fsp3) is 0.231. The van der Waals surface area contributed by atoms with Crippen LogP contribution in [-0.2, 0) is 16.4 Å². The van der Waals surface area contributed by atoms with Crippen molar-refractivity contribution in [3.63, 3.8) is 0 Å². The van der Waals surface area contributed by atoms with Gasteiger partial charge in [0.1, 0.15) is 22.3 Å². The van der Waals surface area contributed by atoms with Crippen LogP contribution in [0.25, 0.3) is 0 Å². The van der Waals surface area contributed by atoms with Crippen molar-refractivity contribution in [1.82, 2.24) is 9.71 Å². The summed E-state index contributed by atoms with van der Waals surface area (Å²) in [5, 5.41) is 8.78. The first-order valence-corrected chi connectivity index (χ1v) is 7.82. The van der Waals surface area contributed by atoms with E-state index in [0.717, 1.165) is 12.3 Å². The van der Waals surface area contributed by atoms with Crippen molar-refractivity contribution in [1.29, 1.82) is 0 Å². The van der Waals surface area contributed by atoms with Crippen LogP contribution < -0.4 is 4.72 Å². The molecule has 0 amide bonds. The predicted molar refractivity (Wildman–Crippen MR) is 73.4 cm³/mol. The number of halogens is 2. The number of aryl methyl sites for hydroxylation is 1. The monoisotopic (exact) mass is 346 g/mol. The highest BCUT2D eigenvalue weighted by atomic mass is 32.2. The van der Waals surface area contributed by atoms with Gasteiger partial charge in [-0.15, -0.1) is 0 Å². The van der Waals surface area contributed by atoms with Gasteiger partial charge in [-0.05, 0) is 6.92 Å². The number of nitrogens with zero attached hydrogens (tertiary/aromatic N) is 1. The average molecular weight is 346 g/mol. The third-order valence-electron chi connectivity index (χ3n) is 2.91. The van der Waals surface area contributed by atoms with Crippen LogP contribution >= 0.6 is 0 Å². The van der Waals surface area contributed by atoms with Crippen molar-refractivity contribution in [2.45, 2.75) is 18.2 Å². The van der Waals surface area contributed by atoms with Gasteiger partial charge in [-0.2, -0.15) is 0 Å². The van der Waals surface area contributed by atoms with E-state index >= 15 is 0 Å². The molecule has 2 heterocycles. The Kier molecular flexibility index (Phi) is 4.76. The SMILES string of the molecule is Cc1oc(C(=O)O)cc1S(=O)(=O)NCCc1ncc(F)cc1F. The number of pyridine rings is 1. The van der Waals surface area contributed by atoms with Gasteiger partial charge in [-0.1, -0.05) is 0 Å². The van der Waals surface area contributed by atoms with E-state index in [0.29, 0.717) is 6.07 Å². The Morgan fingerprint density at radius 3 is 2.65 bits per heavy atom. The summed E-state index contributed by atoms with van der Waals surface area (Å²) in [6, 6.07) is 1.53. The molecule has 10 heteroatoms. The van der Waals surface area contributed by atoms with Gasteiger partial charge in [-0.25, -0.2) is 26.7 Å². The van der Waals surface area contributed by atoms with Crippen LogP contribution in [0.1, 0.15) is 22.0 Å². The molecule has 2 rings (SSSR count). The highest BCUT2D eigenvalue weighted by Crippen LogP contribution is 2.19. The number of aromatic nitrogens is 1. The standard InChI is InChI=1S/C13H12F2N2O5S/c1-7-12(5-11(22-7)13(18)19)23(20,21)17-3-2-10-9(15)4-8(14)6-16-10/h4-6,17H,2-3H2,1H3,(H,18,19). The van der Waals surface area contributed by atoms with E-state index in [-0.39, 0.29) is 29.3 Å². The Morgan fingerprint density at radius 2 is 2.09 bits per heavy atom. The van der Waals surface area contributed by atoms with Crippen molar-refractivity contribution < 1.29 is 31.5 Å².